The first-order valence-corrected chi connectivity index (χ1v) is 21.3. The molecule has 6 aromatic rings. The number of furan rings is 1. The lowest BCUT2D eigenvalue weighted by Crippen LogP contribution is -2.61. The molecule has 1 aromatic heterocycles. The number of benzene rings is 5. The standard InChI is InChI=1S/C53H61BN2O/c1-32-27-43-46-44(28-32)56(37-22-17-34(18-23-37)50(5,6)7)47-38-29-35(51(8,9)10)19-24-45(38)57-48(47)54(46)41-30-39-40(53(13,14)26-25-52(39,11)12)31-42(41)55(43)36-20-15-33(16-21-36)49(2,3)4/h15-24,27-31H,25-26H2,1-14H3. The van der Waals surface area contributed by atoms with Crippen LogP contribution in [0.1, 0.15) is 136 Å². The topological polar surface area (TPSA) is 19.6 Å². The maximum absolute atomic E-state index is 7.30. The zero-order chi connectivity index (χ0) is 40.8. The van der Waals surface area contributed by atoms with Crippen LogP contribution in [0.15, 0.2) is 95.4 Å². The van der Waals surface area contributed by atoms with E-state index < -0.39 is 0 Å². The molecule has 0 unspecified atom stereocenters. The molecular formula is C53H61BN2O. The summed E-state index contributed by atoms with van der Waals surface area (Å²) in [7, 11) is 0. The van der Waals surface area contributed by atoms with Crippen molar-refractivity contribution in [2.75, 3.05) is 9.80 Å². The molecule has 57 heavy (non-hydrogen) atoms. The highest BCUT2D eigenvalue weighted by molar-refractivity contribution is 7.00. The van der Waals surface area contributed by atoms with Gasteiger partial charge >= 0.3 is 0 Å². The molecule has 5 aromatic carbocycles. The fourth-order valence-corrected chi connectivity index (χ4v) is 9.91. The summed E-state index contributed by atoms with van der Waals surface area (Å²) in [5, 5.41) is 1.17. The first-order chi connectivity index (χ1) is 26.5. The van der Waals surface area contributed by atoms with Crippen molar-refractivity contribution in [1.82, 2.24) is 0 Å². The quantitative estimate of drug-likeness (QED) is 0.164. The minimum atomic E-state index is -0.0765. The molecule has 0 atom stereocenters. The molecular weight excluding hydrogens is 691 g/mol. The number of nitrogens with zero attached hydrogens (tertiary/aromatic N) is 2. The number of fused-ring (bicyclic) bond motifs is 7. The van der Waals surface area contributed by atoms with Crippen LogP contribution in [-0.2, 0) is 27.1 Å². The summed E-state index contributed by atoms with van der Waals surface area (Å²) >= 11 is 0. The predicted octanol–water partition coefficient (Wildman–Crippen LogP) is 13.1. The zero-order valence-corrected chi connectivity index (χ0v) is 37.0. The minimum Gasteiger partial charge on any atom is -0.468 e. The van der Waals surface area contributed by atoms with Gasteiger partial charge in [0.1, 0.15) is 5.58 Å². The summed E-state index contributed by atoms with van der Waals surface area (Å²) in [5.74, 6) is 0. The summed E-state index contributed by atoms with van der Waals surface area (Å²) in [6, 6.07) is 35.6. The normalized spacial score (nSPS) is 17.0. The van der Waals surface area contributed by atoms with Gasteiger partial charge in [0.2, 0.25) is 0 Å². The van der Waals surface area contributed by atoms with Crippen LogP contribution in [0.2, 0.25) is 0 Å². The molecule has 3 nitrogen and oxygen atoms in total. The molecule has 3 aliphatic rings. The van der Waals surface area contributed by atoms with Crippen LogP contribution in [0.5, 0.6) is 0 Å². The molecule has 0 N–H and O–H groups in total. The molecule has 0 amide bonds. The highest BCUT2D eigenvalue weighted by Crippen LogP contribution is 2.51. The Morgan fingerprint density at radius 2 is 1.02 bits per heavy atom. The molecule has 0 spiro atoms. The lowest BCUT2D eigenvalue weighted by molar-refractivity contribution is 0.332. The third kappa shape index (κ3) is 5.91. The highest BCUT2D eigenvalue weighted by atomic mass is 16.3. The Morgan fingerprint density at radius 1 is 0.544 bits per heavy atom. The Hall–Kier alpha value is -4.70. The second-order valence-electron chi connectivity index (χ2n) is 21.9. The first kappa shape index (κ1) is 37.9. The second kappa shape index (κ2) is 12.2. The lowest BCUT2D eigenvalue weighted by atomic mass is 9.35. The van der Waals surface area contributed by atoms with Crippen LogP contribution in [0.4, 0.5) is 34.1 Å². The molecule has 0 fully saturated rings. The molecule has 9 rings (SSSR count). The van der Waals surface area contributed by atoms with Gasteiger partial charge in [-0.15, -0.1) is 0 Å². The van der Waals surface area contributed by atoms with Gasteiger partial charge in [-0.2, -0.15) is 0 Å². The molecule has 0 bridgehead atoms. The lowest BCUT2D eigenvalue weighted by Gasteiger charge is -2.46. The van der Waals surface area contributed by atoms with E-state index in [0.29, 0.717) is 0 Å². The van der Waals surface area contributed by atoms with E-state index >= 15 is 0 Å². The highest BCUT2D eigenvalue weighted by Gasteiger charge is 2.49. The predicted molar refractivity (Wildman–Crippen MR) is 246 cm³/mol. The molecule has 2 aliphatic heterocycles. The maximum atomic E-state index is 7.30. The van der Waals surface area contributed by atoms with Crippen LogP contribution < -0.4 is 26.4 Å². The van der Waals surface area contributed by atoms with Gasteiger partial charge in [-0.1, -0.05) is 126 Å². The number of rotatable bonds is 2. The van der Waals surface area contributed by atoms with Gasteiger partial charge in [0, 0.05) is 33.8 Å². The van der Waals surface area contributed by atoms with E-state index in [1.165, 1.54) is 91.0 Å². The molecule has 0 radical (unpaired) electrons. The van der Waals surface area contributed by atoms with Crippen LogP contribution in [-0.4, -0.2) is 6.71 Å². The third-order valence-corrected chi connectivity index (χ3v) is 13.6. The van der Waals surface area contributed by atoms with Gasteiger partial charge in [0.05, 0.1) is 11.3 Å². The van der Waals surface area contributed by atoms with Crippen molar-refractivity contribution < 1.29 is 4.42 Å². The van der Waals surface area contributed by atoms with Crippen LogP contribution in [0, 0.1) is 6.92 Å². The molecule has 1 aliphatic carbocycles. The number of hydrogen-bond donors (Lipinski definition) is 0. The van der Waals surface area contributed by atoms with Gasteiger partial charge in [-0.05, 0) is 146 Å². The average molecular weight is 753 g/mol. The summed E-state index contributed by atoms with van der Waals surface area (Å²) < 4.78 is 7.30. The fourth-order valence-electron chi connectivity index (χ4n) is 9.91. The number of aryl methyl sites for hydroxylation is 1. The van der Waals surface area contributed by atoms with Gasteiger partial charge in [-0.25, -0.2) is 0 Å². The van der Waals surface area contributed by atoms with Crippen molar-refractivity contribution in [3.8, 4) is 0 Å². The Kier molecular flexibility index (Phi) is 8.08. The van der Waals surface area contributed by atoms with Crippen molar-refractivity contribution >= 4 is 68.4 Å². The summed E-state index contributed by atoms with van der Waals surface area (Å²) in [5.41, 5.74) is 20.3. The largest absolute Gasteiger partial charge is 0.468 e. The summed E-state index contributed by atoms with van der Waals surface area (Å²) in [6.45, 7) is 32.7. The van der Waals surface area contributed by atoms with E-state index in [2.05, 4.69) is 198 Å². The minimum absolute atomic E-state index is 0.00815. The Bertz CT molecular complexity index is 2580. The van der Waals surface area contributed by atoms with E-state index in [4.69, 9.17) is 4.42 Å². The Morgan fingerprint density at radius 3 is 1.54 bits per heavy atom. The molecule has 0 saturated carbocycles. The number of anilines is 6. The van der Waals surface area contributed by atoms with E-state index in [-0.39, 0.29) is 33.8 Å². The van der Waals surface area contributed by atoms with E-state index in [0.717, 1.165) is 16.9 Å². The summed E-state index contributed by atoms with van der Waals surface area (Å²) in [6.07, 6.45) is 2.33. The van der Waals surface area contributed by atoms with Gasteiger partial charge in [0.15, 0.2) is 0 Å². The van der Waals surface area contributed by atoms with Crippen LogP contribution >= 0.6 is 0 Å². The molecule has 0 saturated heterocycles. The van der Waals surface area contributed by atoms with Gasteiger partial charge in [0.25, 0.3) is 6.71 Å². The molecule has 4 heteroatoms. The van der Waals surface area contributed by atoms with Gasteiger partial charge in [-0.3, -0.25) is 0 Å². The Balaban J connectivity index is 1.40. The van der Waals surface area contributed by atoms with Gasteiger partial charge < -0.3 is 14.2 Å². The first-order valence-electron chi connectivity index (χ1n) is 21.3. The fraction of sp³-hybridized carbons (Fsp3) is 0.396. The SMILES string of the molecule is Cc1cc2c3c(c1)N(c1ccc(C(C)(C)C)cc1)c1c(oc4ccc(C(C)(C)C)cc14)B3c1cc3c(cc1N2c1ccc(C(C)(C)C)cc1)C(C)(C)CCC3(C)C. The van der Waals surface area contributed by atoms with Crippen molar-refractivity contribution in [2.45, 2.75) is 137 Å². The van der Waals surface area contributed by atoms with Crippen molar-refractivity contribution in [3.63, 3.8) is 0 Å². The average Bonchev–Trinajstić information content (AvgIpc) is 3.50. The van der Waals surface area contributed by atoms with E-state index in [9.17, 15) is 0 Å². The smallest absolute Gasteiger partial charge is 0.297 e. The summed E-state index contributed by atoms with van der Waals surface area (Å²) in [4.78, 5) is 5.11. The maximum Gasteiger partial charge on any atom is 0.297 e. The number of hydrogen-bond acceptors (Lipinski definition) is 3. The monoisotopic (exact) mass is 752 g/mol. The van der Waals surface area contributed by atoms with E-state index in [1.807, 2.05) is 0 Å². The van der Waals surface area contributed by atoms with Crippen molar-refractivity contribution in [2.24, 2.45) is 0 Å². The van der Waals surface area contributed by atoms with E-state index in [1.54, 1.807) is 0 Å². The second-order valence-corrected chi connectivity index (χ2v) is 21.9. The third-order valence-electron chi connectivity index (χ3n) is 13.6. The van der Waals surface area contributed by atoms with Crippen LogP contribution in [0.3, 0.4) is 0 Å². The molecule has 292 valence electrons. The van der Waals surface area contributed by atoms with Crippen LogP contribution in [0.25, 0.3) is 11.0 Å². The zero-order valence-electron chi connectivity index (χ0n) is 37.0. The van der Waals surface area contributed by atoms with Crippen molar-refractivity contribution in [3.05, 3.63) is 124 Å². The molecule has 3 heterocycles. The van der Waals surface area contributed by atoms with Crippen molar-refractivity contribution in [1.29, 1.82) is 0 Å². The Labute approximate surface area is 342 Å².